The van der Waals surface area contributed by atoms with Crippen molar-refractivity contribution in [3.05, 3.63) is 71.9 Å². The van der Waals surface area contributed by atoms with Gasteiger partial charge >= 0.3 is 0 Å². The van der Waals surface area contributed by atoms with Gasteiger partial charge in [0.15, 0.2) is 0 Å². The van der Waals surface area contributed by atoms with Crippen molar-refractivity contribution >= 4 is 39.1 Å². The second kappa shape index (κ2) is 13.0. The molecular weight excluding hydrogens is 538 g/mol. The lowest BCUT2D eigenvalue weighted by Gasteiger charge is -2.25. The molecule has 9 nitrogen and oxygen atoms in total. The van der Waals surface area contributed by atoms with E-state index in [2.05, 4.69) is 15.6 Å². The molecule has 3 heterocycles. The van der Waals surface area contributed by atoms with Gasteiger partial charge in [-0.25, -0.2) is 4.98 Å². The van der Waals surface area contributed by atoms with Crippen LogP contribution in [0.3, 0.4) is 0 Å². The van der Waals surface area contributed by atoms with Gasteiger partial charge in [-0.3, -0.25) is 14.4 Å². The van der Waals surface area contributed by atoms with Gasteiger partial charge in [0.2, 0.25) is 11.8 Å². The summed E-state index contributed by atoms with van der Waals surface area (Å²) in [5.41, 5.74) is 1.48. The summed E-state index contributed by atoms with van der Waals surface area (Å²) < 4.78 is 9.04. The number of rotatable bonds is 3. The Kier molecular flexibility index (Phi) is 8.98. The molecule has 2 N–H and O–H groups in total. The van der Waals surface area contributed by atoms with Crippen molar-refractivity contribution < 1.29 is 19.1 Å². The first-order valence-corrected chi connectivity index (χ1v) is 14.8. The lowest BCUT2D eigenvalue weighted by molar-refractivity contribution is -0.129. The van der Waals surface area contributed by atoms with Crippen molar-refractivity contribution in [2.24, 2.45) is 5.92 Å². The smallest absolute Gasteiger partial charge is 0.255 e. The number of hydrogen-bond donors (Lipinski definition) is 2. The normalized spacial score (nSPS) is 17.2. The Morgan fingerprint density at radius 3 is 2.85 bits per heavy atom. The number of fused-ring (bicyclic) bond motifs is 5. The predicted molar refractivity (Wildman–Crippen MR) is 160 cm³/mol. The highest BCUT2D eigenvalue weighted by molar-refractivity contribution is 7.17. The first-order chi connectivity index (χ1) is 19.9. The first kappa shape index (κ1) is 28.4. The molecule has 5 rings (SSSR count). The van der Waals surface area contributed by atoms with E-state index in [-0.39, 0.29) is 30.2 Å². The zero-order valence-electron chi connectivity index (χ0n) is 23.3. The summed E-state index contributed by atoms with van der Waals surface area (Å²) in [7, 11) is 0. The molecule has 10 heteroatoms. The summed E-state index contributed by atoms with van der Waals surface area (Å²) in [5, 5.41) is 8.58. The van der Waals surface area contributed by atoms with Crippen LogP contribution in [-0.2, 0) is 16.1 Å². The molecule has 0 fully saturated rings. The number of thiophene rings is 1. The molecule has 41 heavy (non-hydrogen) atoms. The molecule has 2 aromatic carbocycles. The number of benzene rings is 2. The van der Waals surface area contributed by atoms with Crippen molar-refractivity contribution in [2.75, 3.05) is 26.2 Å². The lowest BCUT2D eigenvalue weighted by atomic mass is 10.0. The summed E-state index contributed by atoms with van der Waals surface area (Å²) in [5.74, 6) is 0.825. The average molecular weight is 574 g/mol. The molecule has 214 valence electrons. The Hall–Kier alpha value is -4.18. The van der Waals surface area contributed by atoms with E-state index in [0.717, 1.165) is 21.5 Å². The van der Waals surface area contributed by atoms with Crippen LogP contribution in [0.25, 0.3) is 21.5 Å². The summed E-state index contributed by atoms with van der Waals surface area (Å²) in [6.07, 6.45) is 4.62. The van der Waals surface area contributed by atoms with Crippen LogP contribution < -0.4 is 15.4 Å². The van der Waals surface area contributed by atoms with Crippen LogP contribution in [0.5, 0.6) is 5.75 Å². The van der Waals surface area contributed by atoms with Gasteiger partial charge in [0.05, 0.1) is 18.7 Å². The maximum atomic E-state index is 13.7. The molecular formula is C31H35N5O4S. The summed E-state index contributed by atoms with van der Waals surface area (Å²) in [6.45, 7) is 5.44. The van der Waals surface area contributed by atoms with Crippen LogP contribution >= 0.6 is 11.3 Å². The maximum absolute atomic E-state index is 13.7. The third-order valence-electron chi connectivity index (χ3n) is 6.99. The molecule has 1 aliphatic heterocycles. The summed E-state index contributed by atoms with van der Waals surface area (Å²) in [6, 6.07) is 14.8. The van der Waals surface area contributed by atoms with Crippen molar-refractivity contribution in [1.82, 2.24) is 25.1 Å². The van der Waals surface area contributed by atoms with Crippen molar-refractivity contribution in [3.8, 4) is 17.1 Å². The van der Waals surface area contributed by atoms with Crippen molar-refractivity contribution in [2.45, 2.75) is 39.3 Å². The SMILES string of the molecule is CC(C)C[C@H]1NC(=O)CN(C(=O)c2csc3ccccc23)CCCOc2cccc(c2)-c2nccn2CCNC1=O. The second-order valence-corrected chi connectivity index (χ2v) is 11.5. The molecule has 0 unspecified atom stereocenters. The Labute approximate surface area is 243 Å². The minimum absolute atomic E-state index is 0.154. The summed E-state index contributed by atoms with van der Waals surface area (Å²) >= 11 is 1.50. The maximum Gasteiger partial charge on any atom is 0.255 e. The van der Waals surface area contributed by atoms with Gasteiger partial charge < -0.3 is 24.8 Å². The van der Waals surface area contributed by atoms with Crippen LogP contribution in [0.1, 0.15) is 37.0 Å². The number of nitrogens with one attached hydrogen (secondary N) is 2. The molecule has 4 aromatic rings. The molecule has 3 amide bonds. The molecule has 0 aliphatic carbocycles. The summed E-state index contributed by atoms with van der Waals surface area (Å²) in [4.78, 5) is 46.3. The van der Waals surface area contributed by atoms with Gasteiger partial charge in [-0.15, -0.1) is 11.3 Å². The zero-order valence-corrected chi connectivity index (χ0v) is 24.2. The molecule has 1 aliphatic rings. The zero-order chi connectivity index (χ0) is 28.8. The minimum Gasteiger partial charge on any atom is -0.494 e. The number of amides is 3. The number of nitrogens with zero attached hydrogens (tertiary/aromatic N) is 3. The molecule has 2 bridgehead atoms. The lowest BCUT2D eigenvalue weighted by Crippen LogP contribution is -2.51. The van der Waals surface area contributed by atoms with Gasteiger partial charge in [0.25, 0.3) is 5.91 Å². The standard InChI is InChI=1S/C31H35N5O4S/c1-21(2)17-26-30(38)33-12-15-35-14-11-32-29(35)22-7-5-8-23(18-22)40-16-6-13-36(19-28(37)34-26)31(39)25-20-41-27-10-4-3-9-24(25)27/h3-5,7-11,14,18,20-21,26H,6,12-13,15-17,19H2,1-2H3,(H,33,38)(H,34,37)/t26-/m1/s1. The quantitative estimate of drug-likeness (QED) is 0.380. The van der Waals surface area contributed by atoms with E-state index >= 15 is 0 Å². The van der Waals surface area contributed by atoms with E-state index in [1.165, 1.54) is 11.3 Å². The number of hydrogen-bond acceptors (Lipinski definition) is 6. The third-order valence-corrected chi connectivity index (χ3v) is 7.96. The van der Waals surface area contributed by atoms with Crippen LogP contribution in [0.4, 0.5) is 0 Å². The number of carbonyl (C=O) groups excluding carboxylic acids is 3. The van der Waals surface area contributed by atoms with Crippen LogP contribution in [0.15, 0.2) is 66.3 Å². The second-order valence-electron chi connectivity index (χ2n) is 10.6. The van der Waals surface area contributed by atoms with Crippen LogP contribution in [-0.4, -0.2) is 64.5 Å². The van der Waals surface area contributed by atoms with Crippen molar-refractivity contribution in [3.63, 3.8) is 0 Å². The monoisotopic (exact) mass is 573 g/mol. The molecule has 0 saturated heterocycles. The average Bonchev–Trinajstić information content (AvgIpc) is 3.61. The van der Waals surface area contributed by atoms with Crippen LogP contribution in [0, 0.1) is 5.92 Å². The molecule has 1 atom stereocenters. The van der Waals surface area contributed by atoms with Gasteiger partial charge in [0.1, 0.15) is 17.6 Å². The van der Waals surface area contributed by atoms with Gasteiger partial charge in [0, 0.05) is 53.1 Å². The number of ether oxygens (including phenoxy) is 1. The third kappa shape index (κ3) is 6.94. The highest BCUT2D eigenvalue weighted by Crippen LogP contribution is 2.27. The fourth-order valence-electron chi connectivity index (χ4n) is 5.03. The highest BCUT2D eigenvalue weighted by atomic mass is 32.1. The molecule has 0 radical (unpaired) electrons. The van der Waals surface area contributed by atoms with Crippen molar-refractivity contribution in [1.29, 1.82) is 0 Å². The Morgan fingerprint density at radius 2 is 2.00 bits per heavy atom. The topological polar surface area (TPSA) is 106 Å². The number of carbonyl (C=O) groups is 3. The first-order valence-electron chi connectivity index (χ1n) is 14.0. The number of aromatic nitrogens is 2. The van der Waals surface area contributed by atoms with E-state index in [9.17, 15) is 14.4 Å². The van der Waals surface area contributed by atoms with Gasteiger partial charge in [-0.2, -0.15) is 0 Å². The van der Waals surface area contributed by atoms with Gasteiger partial charge in [-0.1, -0.05) is 44.2 Å². The van der Waals surface area contributed by atoms with E-state index in [4.69, 9.17) is 4.74 Å². The largest absolute Gasteiger partial charge is 0.494 e. The fourth-order valence-corrected chi connectivity index (χ4v) is 5.96. The van der Waals surface area contributed by atoms with E-state index in [1.54, 1.807) is 11.1 Å². The number of imidazole rings is 1. The minimum atomic E-state index is -0.706. The molecule has 0 saturated carbocycles. The fraction of sp³-hybridized carbons (Fsp3) is 0.355. The molecule has 0 spiro atoms. The molecule has 2 aromatic heterocycles. The van der Waals surface area contributed by atoms with Crippen LogP contribution in [0.2, 0.25) is 0 Å². The Bertz CT molecular complexity index is 1530. The van der Waals surface area contributed by atoms with E-state index in [0.29, 0.717) is 50.4 Å². The van der Waals surface area contributed by atoms with E-state index < -0.39 is 6.04 Å². The Balaban J connectivity index is 1.41. The van der Waals surface area contributed by atoms with Gasteiger partial charge in [-0.05, 0) is 37.0 Å². The van der Waals surface area contributed by atoms with E-state index in [1.807, 2.05) is 78.5 Å². The highest BCUT2D eigenvalue weighted by Gasteiger charge is 2.26. The Morgan fingerprint density at radius 1 is 1.15 bits per heavy atom. The predicted octanol–water partition coefficient (Wildman–Crippen LogP) is 4.34.